The number of hydrogen-bond acceptors (Lipinski definition) is 9. The summed E-state index contributed by atoms with van der Waals surface area (Å²) in [4.78, 5) is 14.3. The average molecular weight is 445 g/mol. The zero-order valence-electron chi connectivity index (χ0n) is 15.2. The summed E-state index contributed by atoms with van der Waals surface area (Å²) >= 11 is 1.16. The van der Waals surface area contributed by atoms with Crippen molar-refractivity contribution in [3.63, 3.8) is 0 Å². The molecule has 10 nitrogen and oxygen atoms in total. The van der Waals surface area contributed by atoms with Gasteiger partial charge in [0.1, 0.15) is 11.4 Å². The van der Waals surface area contributed by atoms with Crippen molar-refractivity contribution < 1.29 is 21.9 Å². The maximum absolute atomic E-state index is 13.0. The van der Waals surface area contributed by atoms with Gasteiger partial charge in [0.2, 0.25) is 15.2 Å². The van der Waals surface area contributed by atoms with Gasteiger partial charge in [0.15, 0.2) is 11.5 Å². The maximum atomic E-state index is 13.0. The molecule has 0 aliphatic carbocycles. The first-order chi connectivity index (χ1) is 13.8. The van der Waals surface area contributed by atoms with Gasteiger partial charge in [-0.05, 0) is 0 Å². The van der Waals surface area contributed by atoms with Crippen LogP contribution in [0.15, 0.2) is 18.6 Å². The minimum atomic E-state index is -3.30. The summed E-state index contributed by atoms with van der Waals surface area (Å²) in [6.07, 6.45) is 2.09. The summed E-state index contributed by atoms with van der Waals surface area (Å²) in [6.45, 7) is 1.61. The van der Waals surface area contributed by atoms with Crippen molar-refractivity contribution in [2.75, 3.05) is 37.4 Å². The van der Waals surface area contributed by atoms with Gasteiger partial charge in [-0.15, -0.1) is 0 Å². The van der Waals surface area contributed by atoms with E-state index in [-0.39, 0.29) is 18.3 Å². The Morgan fingerprint density at radius 3 is 2.97 bits per heavy atom. The molecule has 1 fully saturated rings. The first-order valence-electron chi connectivity index (χ1n) is 8.56. The monoisotopic (exact) mass is 445 g/mol. The molecule has 0 unspecified atom stereocenters. The summed E-state index contributed by atoms with van der Waals surface area (Å²) in [6, 6.07) is 0. The summed E-state index contributed by atoms with van der Waals surface area (Å²) in [5, 5.41) is 0.630. The summed E-state index contributed by atoms with van der Waals surface area (Å²) < 4.78 is 62.3. The van der Waals surface area contributed by atoms with Gasteiger partial charge < -0.3 is 9.64 Å². The van der Waals surface area contributed by atoms with Crippen molar-refractivity contribution in [2.24, 2.45) is 0 Å². The number of alkyl halides is 2. The maximum Gasteiger partial charge on any atom is 0.281 e. The number of fused-ring (bicyclic) bond motifs is 1. The Hall–Kier alpha value is -2.29. The largest absolute Gasteiger partial charge is 0.373 e. The molecule has 4 rings (SSSR count). The second-order valence-electron chi connectivity index (χ2n) is 6.44. The van der Waals surface area contributed by atoms with E-state index in [1.165, 1.54) is 23.0 Å². The highest BCUT2D eigenvalue weighted by Gasteiger charge is 2.25. The predicted octanol–water partition coefficient (Wildman–Crippen LogP) is 0.940. The molecule has 0 saturated carbocycles. The van der Waals surface area contributed by atoms with Crippen LogP contribution in [0.3, 0.4) is 0 Å². The number of nitrogens with zero attached hydrogens (tertiary/aromatic N) is 6. The molecule has 156 valence electrons. The van der Waals surface area contributed by atoms with Gasteiger partial charge >= 0.3 is 0 Å². The van der Waals surface area contributed by atoms with Crippen molar-refractivity contribution in [3.05, 3.63) is 24.3 Å². The summed E-state index contributed by atoms with van der Waals surface area (Å²) in [5.74, 6) is 0.362. The normalized spacial score (nSPS) is 18.1. The third-order valence-electron chi connectivity index (χ3n) is 4.27. The molecule has 0 amide bonds. The second-order valence-corrected chi connectivity index (χ2v) is 9.01. The van der Waals surface area contributed by atoms with Gasteiger partial charge in [0.25, 0.3) is 6.43 Å². The Labute approximate surface area is 168 Å². The lowest BCUT2D eigenvalue weighted by atomic mass is 10.3. The van der Waals surface area contributed by atoms with Gasteiger partial charge in [-0.1, -0.05) is 0 Å². The van der Waals surface area contributed by atoms with Crippen LogP contribution in [0.5, 0.6) is 0 Å². The van der Waals surface area contributed by atoms with Gasteiger partial charge in [-0.3, -0.25) is 4.40 Å². The van der Waals surface area contributed by atoms with Crippen LogP contribution in [-0.2, 0) is 14.8 Å². The third kappa shape index (κ3) is 4.49. The number of imidazole rings is 1. The molecule has 0 radical (unpaired) electrons. The van der Waals surface area contributed by atoms with Crippen molar-refractivity contribution >= 4 is 32.3 Å². The van der Waals surface area contributed by atoms with Crippen molar-refractivity contribution in [1.82, 2.24) is 28.4 Å². The molecule has 0 bridgehead atoms. The summed E-state index contributed by atoms with van der Waals surface area (Å²) in [7, 11) is -3.30. The predicted molar refractivity (Wildman–Crippen MR) is 102 cm³/mol. The quantitative estimate of drug-likeness (QED) is 0.596. The van der Waals surface area contributed by atoms with Crippen LogP contribution < -0.4 is 9.62 Å². The standard InChI is InChI=1S/C15H17F2N7O3S2/c1-29(25,26)20-4-9-7-23(2-3-27-9)15-21-14(22-28-15)11-5-19-12-6-18-10(13(16)17)8-24(11)12/h5-6,8-9,13,20H,2-4,7H2,1H3/t9-/m1/s1. The van der Waals surface area contributed by atoms with Crippen molar-refractivity contribution in [2.45, 2.75) is 12.5 Å². The molecule has 1 saturated heterocycles. The number of morpholine rings is 1. The fourth-order valence-electron chi connectivity index (χ4n) is 2.89. The van der Waals surface area contributed by atoms with Crippen molar-refractivity contribution in [1.29, 1.82) is 0 Å². The number of rotatable bonds is 6. The zero-order valence-corrected chi connectivity index (χ0v) is 16.8. The van der Waals surface area contributed by atoms with E-state index < -0.39 is 16.4 Å². The first-order valence-corrected chi connectivity index (χ1v) is 11.2. The molecule has 1 aliphatic heterocycles. The Kier molecular flexibility index (Phi) is 5.42. The van der Waals surface area contributed by atoms with Gasteiger partial charge in [-0.2, -0.15) is 9.36 Å². The molecule has 0 aromatic carbocycles. The van der Waals surface area contributed by atoms with Crippen LogP contribution in [0.25, 0.3) is 17.2 Å². The Morgan fingerprint density at radius 2 is 2.21 bits per heavy atom. The van der Waals surface area contributed by atoms with E-state index >= 15 is 0 Å². The smallest absolute Gasteiger partial charge is 0.281 e. The SMILES string of the molecule is CS(=O)(=O)NC[C@@H]1CN(c2nc(-c3cnc4cnc(C(F)F)cn34)ns2)CCO1. The van der Waals surface area contributed by atoms with Crippen LogP contribution in [-0.4, -0.2) is 70.7 Å². The number of halogens is 2. The Morgan fingerprint density at radius 1 is 1.38 bits per heavy atom. The molecule has 1 atom stereocenters. The van der Waals surface area contributed by atoms with Crippen LogP contribution in [0.1, 0.15) is 12.1 Å². The molecule has 29 heavy (non-hydrogen) atoms. The minimum absolute atomic E-state index is 0.164. The van der Waals surface area contributed by atoms with E-state index in [2.05, 4.69) is 24.0 Å². The number of nitrogens with one attached hydrogen (secondary N) is 1. The second kappa shape index (κ2) is 7.85. The van der Waals surface area contributed by atoms with Gasteiger partial charge in [0, 0.05) is 37.4 Å². The number of aromatic nitrogens is 5. The third-order valence-corrected chi connectivity index (χ3v) is 5.73. The molecule has 1 N–H and O–H groups in total. The fraction of sp³-hybridized carbons (Fsp3) is 0.467. The highest BCUT2D eigenvalue weighted by atomic mass is 32.2. The highest BCUT2D eigenvalue weighted by Crippen LogP contribution is 2.27. The van der Waals surface area contributed by atoms with Crippen molar-refractivity contribution in [3.8, 4) is 11.5 Å². The van der Waals surface area contributed by atoms with Crippen LogP contribution >= 0.6 is 11.5 Å². The van der Waals surface area contributed by atoms with E-state index in [1.54, 1.807) is 0 Å². The lowest BCUT2D eigenvalue weighted by Crippen LogP contribution is -2.47. The highest BCUT2D eigenvalue weighted by molar-refractivity contribution is 7.88. The molecule has 4 heterocycles. The lowest BCUT2D eigenvalue weighted by Gasteiger charge is -2.32. The molecule has 14 heteroatoms. The number of anilines is 1. The molecular formula is C15H17F2N7O3S2. The lowest BCUT2D eigenvalue weighted by molar-refractivity contribution is 0.0442. The zero-order chi connectivity index (χ0) is 20.6. The number of ether oxygens (including phenoxy) is 1. The fourth-order valence-corrected chi connectivity index (χ4v) is 4.09. The molecular weight excluding hydrogens is 428 g/mol. The number of sulfonamides is 1. The van der Waals surface area contributed by atoms with E-state index in [9.17, 15) is 17.2 Å². The molecule has 0 spiro atoms. The van der Waals surface area contributed by atoms with Gasteiger partial charge in [0.05, 0.1) is 31.4 Å². The van der Waals surface area contributed by atoms with E-state index in [0.717, 1.165) is 17.8 Å². The topological polar surface area (TPSA) is 115 Å². The van der Waals surface area contributed by atoms with E-state index in [4.69, 9.17) is 4.74 Å². The number of hydrogen-bond donors (Lipinski definition) is 1. The van der Waals surface area contributed by atoms with Crippen LogP contribution in [0.4, 0.5) is 13.9 Å². The molecule has 3 aromatic heterocycles. The summed E-state index contributed by atoms with van der Waals surface area (Å²) in [5.41, 5.74) is 0.538. The molecule has 1 aliphatic rings. The Balaban J connectivity index is 1.54. The van der Waals surface area contributed by atoms with Crippen LogP contribution in [0, 0.1) is 0 Å². The van der Waals surface area contributed by atoms with E-state index in [0.29, 0.717) is 42.0 Å². The average Bonchev–Trinajstić information content (AvgIpc) is 3.32. The first kappa shape index (κ1) is 20.0. The van der Waals surface area contributed by atoms with E-state index in [1.807, 2.05) is 4.90 Å². The molecule has 3 aromatic rings. The minimum Gasteiger partial charge on any atom is -0.373 e. The van der Waals surface area contributed by atoms with Gasteiger partial charge in [-0.25, -0.2) is 31.9 Å². The van der Waals surface area contributed by atoms with Crippen LogP contribution in [0.2, 0.25) is 0 Å². The Bertz CT molecular complexity index is 1120.